The van der Waals surface area contributed by atoms with Crippen LogP contribution in [0.15, 0.2) is 96.1 Å². The SMILES string of the molecule is Cn1c(C(=O)NN=C(c2ccccc2)c2ccccc2)cc2ccccc21. The minimum Gasteiger partial charge on any atom is -0.340 e. The fourth-order valence-corrected chi connectivity index (χ4v) is 3.16. The van der Waals surface area contributed by atoms with Crippen molar-refractivity contribution in [3.05, 3.63) is 108 Å². The monoisotopic (exact) mass is 353 g/mol. The molecule has 0 aliphatic rings. The van der Waals surface area contributed by atoms with Gasteiger partial charge in [-0.15, -0.1) is 0 Å². The van der Waals surface area contributed by atoms with Gasteiger partial charge < -0.3 is 4.57 Å². The first-order valence-corrected chi connectivity index (χ1v) is 8.77. The van der Waals surface area contributed by atoms with E-state index in [-0.39, 0.29) is 5.91 Å². The van der Waals surface area contributed by atoms with Gasteiger partial charge in [0.2, 0.25) is 0 Å². The Balaban J connectivity index is 1.69. The molecule has 0 spiro atoms. The molecule has 0 saturated carbocycles. The predicted molar refractivity (Wildman–Crippen MR) is 109 cm³/mol. The van der Waals surface area contributed by atoms with Crippen LogP contribution in [-0.4, -0.2) is 16.2 Å². The molecular formula is C23H19N3O. The Morgan fingerprint density at radius 3 is 1.96 bits per heavy atom. The summed E-state index contributed by atoms with van der Waals surface area (Å²) >= 11 is 0. The van der Waals surface area contributed by atoms with Crippen LogP contribution >= 0.6 is 0 Å². The third-order valence-corrected chi connectivity index (χ3v) is 4.55. The maximum Gasteiger partial charge on any atom is 0.288 e. The summed E-state index contributed by atoms with van der Waals surface area (Å²) in [5.74, 6) is -0.238. The Morgan fingerprint density at radius 1 is 0.815 bits per heavy atom. The van der Waals surface area contributed by atoms with E-state index in [9.17, 15) is 4.79 Å². The van der Waals surface area contributed by atoms with Crippen molar-refractivity contribution in [3.8, 4) is 0 Å². The zero-order chi connectivity index (χ0) is 18.6. The zero-order valence-electron chi connectivity index (χ0n) is 15.0. The lowest BCUT2D eigenvalue weighted by atomic mass is 10.0. The molecule has 0 radical (unpaired) electrons. The maximum atomic E-state index is 12.8. The van der Waals surface area contributed by atoms with E-state index in [2.05, 4.69) is 10.5 Å². The average molecular weight is 353 g/mol. The average Bonchev–Trinajstić information content (AvgIpc) is 3.07. The molecule has 0 unspecified atom stereocenters. The van der Waals surface area contributed by atoms with Gasteiger partial charge in [-0.05, 0) is 12.1 Å². The number of rotatable bonds is 4. The Bertz CT molecular complexity index is 1070. The molecule has 1 heterocycles. The van der Waals surface area contributed by atoms with Gasteiger partial charge in [-0.3, -0.25) is 4.79 Å². The summed E-state index contributed by atoms with van der Waals surface area (Å²) in [6, 6.07) is 29.5. The summed E-state index contributed by atoms with van der Waals surface area (Å²) in [5, 5.41) is 5.48. The van der Waals surface area contributed by atoms with Gasteiger partial charge in [0.25, 0.3) is 5.91 Å². The Morgan fingerprint density at radius 2 is 1.37 bits per heavy atom. The second-order valence-corrected chi connectivity index (χ2v) is 6.28. The van der Waals surface area contributed by atoms with E-state index >= 15 is 0 Å². The highest BCUT2D eigenvalue weighted by Crippen LogP contribution is 2.18. The van der Waals surface area contributed by atoms with E-state index < -0.39 is 0 Å². The fourth-order valence-electron chi connectivity index (χ4n) is 3.16. The Kier molecular flexibility index (Phi) is 4.54. The van der Waals surface area contributed by atoms with Gasteiger partial charge in [0.05, 0.1) is 5.71 Å². The molecule has 0 saturated heterocycles. The highest BCUT2D eigenvalue weighted by atomic mass is 16.2. The van der Waals surface area contributed by atoms with Crippen LogP contribution in [-0.2, 0) is 7.05 Å². The summed E-state index contributed by atoms with van der Waals surface area (Å²) in [5.41, 5.74) is 6.92. The third kappa shape index (κ3) is 3.37. The molecule has 27 heavy (non-hydrogen) atoms. The normalized spacial score (nSPS) is 10.6. The molecule has 1 N–H and O–H groups in total. The van der Waals surface area contributed by atoms with Gasteiger partial charge in [-0.25, -0.2) is 5.43 Å². The Hall–Kier alpha value is -3.66. The molecule has 4 aromatic rings. The number of benzene rings is 3. The number of carbonyl (C=O) groups is 1. The molecule has 132 valence electrons. The van der Waals surface area contributed by atoms with Gasteiger partial charge in [0, 0.05) is 29.1 Å². The quantitative estimate of drug-likeness (QED) is 0.430. The highest BCUT2D eigenvalue weighted by molar-refractivity contribution is 6.13. The van der Waals surface area contributed by atoms with Crippen molar-refractivity contribution >= 4 is 22.5 Å². The van der Waals surface area contributed by atoms with Gasteiger partial charge in [0.15, 0.2) is 0 Å². The van der Waals surface area contributed by atoms with E-state index in [4.69, 9.17) is 0 Å². The van der Waals surface area contributed by atoms with Gasteiger partial charge in [0.1, 0.15) is 5.69 Å². The number of carbonyl (C=O) groups excluding carboxylic acids is 1. The van der Waals surface area contributed by atoms with Crippen LogP contribution in [0, 0.1) is 0 Å². The molecule has 0 aliphatic carbocycles. The second-order valence-electron chi connectivity index (χ2n) is 6.28. The van der Waals surface area contributed by atoms with E-state index in [0.717, 1.165) is 27.7 Å². The molecule has 4 rings (SSSR count). The number of fused-ring (bicyclic) bond motifs is 1. The van der Waals surface area contributed by atoms with Gasteiger partial charge in [-0.1, -0.05) is 78.9 Å². The van der Waals surface area contributed by atoms with Gasteiger partial charge in [-0.2, -0.15) is 5.10 Å². The number of aryl methyl sites for hydroxylation is 1. The first kappa shape index (κ1) is 16.8. The minimum absolute atomic E-state index is 0.238. The lowest BCUT2D eigenvalue weighted by Crippen LogP contribution is -2.22. The van der Waals surface area contributed by atoms with Crippen LogP contribution in [0.5, 0.6) is 0 Å². The smallest absolute Gasteiger partial charge is 0.288 e. The molecule has 1 aromatic heterocycles. The number of para-hydroxylation sites is 1. The number of nitrogens with one attached hydrogen (secondary N) is 1. The molecule has 0 atom stereocenters. The summed E-state index contributed by atoms with van der Waals surface area (Å²) in [6.45, 7) is 0. The second kappa shape index (κ2) is 7.30. The number of hydrazone groups is 1. The van der Waals surface area contributed by atoms with Crippen molar-refractivity contribution < 1.29 is 4.79 Å². The van der Waals surface area contributed by atoms with Crippen molar-refractivity contribution in [3.63, 3.8) is 0 Å². The largest absolute Gasteiger partial charge is 0.340 e. The lowest BCUT2D eigenvalue weighted by molar-refractivity contribution is 0.0947. The van der Waals surface area contributed by atoms with Crippen LogP contribution in [0.25, 0.3) is 10.9 Å². The van der Waals surface area contributed by atoms with Crippen molar-refractivity contribution in [1.82, 2.24) is 9.99 Å². The lowest BCUT2D eigenvalue weighted by Gasteiger charge is -2.08. The fraction of sp³-hybridized carbons (Fsp3) is 0.0435. The first-order valence-electron chi connectivity index (χ1n) is 8.77. The zero-order valence-corrected chi connectivity index (χ0v) is 15.0. The third-order valence-electron chi connectivity index (χ3n) is 4.55. The number of aromatic nitrogens is 1. The van der Waals surface area contributed by atoms with Crippen molar-refractivity contribution in [1.29, 1.82) is 0 Å². The Labute approximate surface area is 157 Å². The standard InChI is InChI=1S/C23H19N3O/c1-26-20-15-9-8-14-19(20)16-21(26)23(27)25-24-22(17-10-4-2-5-11-17)18-12-6-3-7-13-18/h2-16H,1H3,(H,25,27). The van der Waals surface area contributed by atoms with Crippen LogP contribution in [0.2, 0.25) is 0 Å². The topological polar surface area (TPSA) is 46.4 Å². The van der Waals surface area contributed by atoms with Gasteiger partial charge >= 0.3 is 0 Å². The molecule has 3 aromatic carbocycles. The molecule has 0 aliphatic heterocycles. The van der Waals surface area contributed by atoms with E-state index in [0.29, 0.717) is 5.69 Å². The first-order chi connectivity index (χ1) is 13.2. The van der Waals surface area contributed by atoms with Crippen molar-refractivity contribution in [2.75, 3.05) is 0 Å². The number of amides is 1. The highest BCUT2D eigenvalue weighted by Gasteiger charge is 2.14. The van der Waals surface area contributed by atoms with E-state index in [1.807, 2.05) is 103 Å². The number of hydrogen-bond acceptors (Lipinski definition) is 2. The van der Waals surface area contributed by atoms with Crippen molar-refractivity contribution in [2.24, 2.45) is 12.1 Å². The van der Waals surface area contributed by atoms with Crippen molar-refractivity contribution in [2.45, 2.75) is 0 Å². The molecule has 0 fully saturated rings. The van der Waals surface area contributed by atoms with Crippen LogP contribution in [0.4, 0.5) is 0 Å². The summed E-state index contributed by atoms with van der Waals surface area (Å²) < 4.78 is 1.88. The maximum absolute atomic E-state index is 12.8. The summed E-state index contributed by atoms with van der Waals surface area (Å²) in [6.07, 6.45) is 0. The van der Waals surface area contributed by atoms with Crippen LogP contribution in [0.1, 0.15) is 21.6 Å². The summed E-state index contributed by atoms with van der Waals surface area (Å²) in [7, 11) is 1.89. The molecular weight excluding hydrogens is 334 g/mol. The molecule has 4 heteroatoms. The van der Waals surface area contributed by atoms with E-state index in [1.165, 1.54) is 0 Å². The molecule has 4 nitrogen and oxygen atoms in total. The number of nitrogens with zero attached hydrogens (tertiary/aromatic N) is 2. The van der Waals surface area contributed by atoms with Crippen LogP contribution in [0.3, 0.4) is 0 Å². The minimum atomic E-state index is -0.238. The van der Waals surface area contributed by atoms with E-state index in [1.54, 1.807) is 0 Å². The summed E-state index contributed by atoms with van der Waals surface area (Å²) in [4.78, 5) is 12.8. The predicted octanol–water partition coefficient (Wildman–Crippen LogP) is 4.36. The van der Waals surface area contributed by atoms with Crippen LogP contribution < -0.4 is 5.43 Å². The molecule has 1 amide bonds. The molecule has 0 bridgehead atoms. The number of hydrogen-bond donors (Lipinski definition) is 1.